The fourth-order valence-electron chi connectivity index (χ4n) is 1.67. The summed E-state index contributed by atoms with van der Waals surface area (Å²) in [4.78, 5) is 0. The molecule has 1 aliphatic heterocycles. The van der Waals surface area contributed by atoms with Gasteiger partial charge in [-0.05, 0) is 12.8 Å². The predicted molar refractivity (Wildman–Crippen MR) is 59.2 cm³/mol. The molecule has 1 unspecified atom stereocenters. The summed E-state index contributed by atoms with van der Waals surface area (Å²) in [7, 11) is -2.93. The van der Waals surface area contributed by atoms with E-state index < -0.39 is 9.84 Å². The van der Waals surface area contributed by atoms with E-state index in [2.05, 4.69) is 15.5 Å². The maximum atomic E-state index is 11.5. The number of anilines is 1. The predicted octanol–water partition coefficient (Wildman–Crippen LogP) is 0.797. The first-order valence-corrected chi connectivity index (χ1v) is 7.20. The number of nitrogens with zero attached hydrogens (tertiary/aromatic N) is 2. The highest BCUT2D eigenvalue weighted by atomic mass is 35.5. The van der Waals surface area contributed by atoms with Crippen molar-refractivity contribution < 1.29 is 12.8 Å². The molecule has 6 nitrogen and oxygen atoms in total. The lowest BCUT2D eigenvalue weighted by Gasteiger charge is -2.08. The van der Waals surface area contributed by atoms with Crippen molar-refractivity contribution in [3.05, 3.63) is 5.89 Å². The molecule has 1 N–H and O–H groups in total. The molecule has 8 heteroatoms. The maximum Gasteiger partial charge on any atom is 0.315 e. The van der Waals surface area contributed by atoms with Crippen LogP contribution in [-0.4, -0.2) is 36.2 Å². The molecule has 1 saturated heterocycles. The van der Waals surface area contributed by atoms with Gasteiger partial charge in [-0.25, -0.2) is 8.42 Å². The molecule has 1 aromatic rings. The Morgan fingerprint density at radius 2 is 2.31 bits per heavy atom. The molecule has 1 aromatic heterocycles. The van der Waals surface area contributed by atoms with Crippen molar-refractivity contribution in [1.29, 1.82) is 0 Å². The molecule has 16 heavy (non-hydrogen) atoms. The van der Waals surface area contributed by atoms with E-state index in [1.165, 1.54) is 0 Å². The molecule has 0 amide bonds. The largest absolute Gasteiger partial charge is 0.407 e. The van der Waals surface area contributed by atoms with E-state index in [0.29, 0.717) is 18.9 Å². The molecule has 0 saturated carbocycles. The third-order valence-corrected chi connectivity index (χ3v) is 5.03. The van der Waals surface area contributed by atoms with Gasteiger partial charge in [0.05, 0.1) is 11.0 Å². The van der Waals surface area contributed by atoms with Gasteiger partial charge in [-0.1, -0.05) is 5.10 Å². The zero-order valence-electron chi connectivity index (χ0n) is 8.52. The van der Waals surface area contributed by atoms with Crippen LogP contribution in [0.15, 0.2) is 4.42 Å². The van der Waals surface area contributed by atoms with Gasteiger partial charge in [0.25, 0.3) is 0 Å². The van der Waals surface area contributed by atoms with Crippen LogP contribution in [0.1, 0.15) is 18.7 Å². The number of nitrogens with one attached hydrogen (secondary N) is 1. The van der Waals surface area contributed by atoms with Gasteiger partial charge in [0.15, 0.2) is 9.84 Å². The van der Waals surface area contributed by atoms with Gasteiger partial charge >= 0.3 is 6.01 Å². The number of hydrogen-bond donors (Lipinski definition) is 1. The fourth-order valence-corrected chi connectivity index (χ4v) is 3.54. The minimum atomic E-state index is -2.93. The van der Waals surface area contributed by atoms with E-state index in [-0.39, 0.29) is 22.9 Å². The molecular formula is C8H12ClN3O3S. The summed E-state index contributed by atoms with van der Waals surface area (Å²) in [6, 6.07) is 0.220. The van der Waals surface area contributed by atoms with Gasteiger partial charge in [-0.2, -0.15) is 0 Å². The van der Waals surface area contributed by atoms with Crippen LogP contribution in [0.2, 0.25) is 0 Å². The van der Waals surface area contributed by atoms with Crippen molar-refractivity contribution in [1.82, 2.24) is 10.2 Å². The standard InChI is InChI=1S/C8H12ClN3O3S/c9-4-7-11-12-8(15-7)10-5-6-2-1-3-16(6,13)14/h6H,1-5H2,(H,10,12). The van der Waals surface area contributed by atoms with Crippen LogP contribution in [0, 0.1) is 0 Å². The van der Waals surface area contributed by atoms with Crippen molar-refractivity contribution in [3.63, 3.8) is 0 Å². The number of halogens is 1. The van der Waals surface area contributed by atoms with E-state index >= 15 is 0 Å². The van der Waals surface area contributed by atoms with Crippen molar-refractivity contribution >= 4 is 27.5 Å². The van der Waals surface area contributed by atoms with Gasteiger partial charge in [0, 0.05) is 6.54 Å². The quantitative estimate of drug-likeness (QED) is 0.811. The number of hydrogen-bond acceptors (Lipinski definition) is 6. The molecule has 1 aliphatic rings. The van der Waals surface area contributed by atoms with Crippen LogP contribution >= 0.6 is 11.6 Å². The van der Waals surface area contributed by atoms with E-state index in [9.17, 15) is 8.42 Å². The van der Waals surface area contributed by atoms with Crippen molar-refractivity contribution in [2.75, 3.05) is 17.6 Å². The average Bonchev–Trinajstić information content (AvgIpc) is 2.81. The minimum absolute atomic E-state index is 0.149. The highest BCUT2D eigenvalue weighted by molar-refractivity contribution is 7.92. The monoisotopic (exact) mass is 265 g/mol. The lowest BCUT2D eigenvalue weighted by molar-refractivity contribution is 0.524. The first-order valence-electron chi connectivity index (χ1n) is 4.95. The summed E-state index contributed by atoms with van der Waals surface area (Å²) < 4.78 is 28.1. The second kappa shape index (κ2) is 4.58. The molecule has 90 valence electrons. The van der Waals surface area contributed by atoms with Crippen LogP contribution in [0.4, 0.5) is 6.01 Å². The molecule has 0 radical (unpaired) electrons. The van der Waals surface area contributed by atoms with Crippen LogP contribution in [0.25, 0.3) is 0 Å². The number of rotatable bonds is 4. The van der Waals surface area contributed by atoms with Gasteiger partial charge in [-0.3, -0.25) is 0 Å². The van der Waals surface area contributed by atoms with Crippen LogP contribution in [0.3, 0.4) is 0 Å². The molecule has 0 spiro atoms. The van der Waals surface area contributed by atoms with Crippen molar-refractivity contribution in [2.45, 2.75) is 24.0 Å². The number of aromatic nitrogens is 2. The third-order valence-electron chi connectivity index (χ3n) is 2.52. The Labute approximate surface area is 98.3 Å². The van der Waals surface area contributed by atoms with Gasteiger partial charge < -0.3 is 9.73 Å². The lowest BCUT2D eigenvalue weighted by atomic mass is 10.2. The van der Waals surface area contributed by atoms with E-state index in [4.69, 9.17) is 16.0 Å². The Morgan fingerprint density at radius 3 is 2.88 bits per heavy atom. The van der Waals surface area contributed by atoms with E-state index in [0.717, 1.165) is 6.42 Å². The van der Waals surface area contributed by atoms with E-state index in [1.807, 2.05) is 0 Å². The first-order chi connectivity index (χ1) is 7.62. The summed E-state index contributed by atoms with van der Waals surface area (Å²) in [5, 5.41) is 9.81. The lowest BCUT2D eigenvalue weighted by Crippen LogP contribution is -2.25. The van der Waals surface area contributed by atoms with Gasteiger partial charge in [0.2, 0.25) is 5.89 Å². The van der Waals surface area contributed by atoms with Crippen LogP contribution in [-0.2, 0) is 15.7 Å². The summed E-state index contributed by atoms with van der Waals surface area (Å²) >= 11 is 5.49. The number of sulfone groups is 1. The van der Waals surface area contributed by atoms with Crippen molar-refractivity contribution in [3.8, 4) is 0 Å². The Hall–Kier alpha value is -0.820. The molecule has 2 rings (SSSR count). The molecule has 0 aliphatic carbocycles. The van der Waals surface area contributed by atoms with Crippen molar-refractivity contribution in [2.24, 2.45) is 0 Å². The normalized spacial score (nSPS) is 23.4. The molecule has 2 heterocycles. The summed E-state index contributed by atoms with van der Waals surface area (Å²) in [6.45, 7) is 0.312. The highest BCUT2D eigenvalue weighted by Gasteiger charge is 2.31. The Bertz CT molecular complexity index is 459. The molecular weight excluding hydrogens is 254 g/mol. The summed E-state index contributed by atoms with van der Waals surface area (Å²) in [5.74, 6) is 0.741. The van der Waals surface area contributed by atoms with Crippen LogP contribution < -0.4 is 5.32 Å². The first kappa shape index (κ1) is 11.7. The Balaban J connectivity index is 1.92. The summed E-state index contributed by atoms with van der Waals surface area (Å²) in [5.41, 5.74) is 0. The smallest absolute Gasteiger partial charge is 0.315 e. The Kier molecular flexibility index (Phi) is 3.34. The second-order valence-electron chi connectivity index (χ2n) is 3.65. The fraction of sp³-hybridized carbons (Fsp3) is 0.750. The van der Waals surface area contributed by atoms with Gasteiger partial charge in [-0.15, -0.1) is 16.7 Å². The third kappa shape index (κ3) is 2.46. The second-order valence-corrected chi connectivity index (χ2v) is 6.31. The van der Waals surface area contributed by atoms with E-state index in [1.54, 1.807) is 0 Å². The maximum absolute atomic E-state index is 11.5. The van der Waals surface area contributed by atoms with Gasteiger partial charge in [0.1, 0.15) is 5.88 Å². The SMILES string of the molecule is O=S1(=O)CCCC1CNc1nnc(CCl)o1. The highest BCUT2D eigenvalue weighted by Crippen LogP contribution is 2.20. The molecule has 0 bridgehead atoms. The molecule has 1 fully saturated rings. The zero-order chi connectivity index (χ0) is 11.6. The zero-order valence-corrected chi connectivity index (χ0v) is 10.1. The summed E-state index contributed by atoms with van der Waals surface area (Å²) in [6.07, 6.45) is 1.41. The molecule has 0 aromatic carbocycles. The number of alkyl halides is 1. The minimum Gasteiger partial charge on any atom is -0.407 e. The van der Waals surface area contributed by atoms with Crippen LogP contribution in [0.5, 0.6) is 0 Å². The molecule has 1 atom stereocenters. The average molecular weight is 266 g/mol. The Morgan fingerprint density at radius 1 is 1.50 bits per heavy atom. The topological polar surface area (TPSA) is 85.1 Å².